The Morgan fingerprint density at radius 2 is 2.00 bits per heavy atom. The van der Waals surface area contributed by atoms with Gasteiger partial charge in [0.25, 0.3) is 0 Å². The standard InChI is InChI=1S/C14H13ClN4/c15-13-6-10(11(16)7-17-13)5-4-9-2-1-3-12-14(9)19-8-18-12/h1-3,6-8H,4-5,16H2,(H,18,19). The molecule has 3 N–H and O–H groups in total. The molecule has 2 aromatic heterocycles. The van der Waals surface area contributed by atoms with Gasteiger partial charge in [0.05, 0.1) is 29.2 Å². The lowest BCUT2D eigenvalue weighted by Gasteiger charge is -2.06. The number of hydrogen-bond acceptors (Lipinski definition) is 3. The molecule has 0 amide bonds. The number of nitrogen functional groups attached to an aromatic ring is 1. The topological polar surface area (TPSA) is 67.6 Å². The number of para-hydroxylation sites is 1. The number of pyridine rings is 1. The molecule has 0 spiro atoms. The zero-order valence-electron chi connectivity index (χ0n) is 10.2. The Kier molecular flexibility index (Phi) is 3.09. The minimum Gasteiger partial charge on any atom is -0.397 e. The first-order chi connectivity index (χ1) is 9.24. The first-order valence-corrected chi connectivity index (χ1v) is 6.43. The number of benzene rings is 1. The van der Waals surface area contributed by atoms with Gasteiger partial charge < -0.3 is 10.7 Å². The highest BCUT2D eigenvalue weighted by Gasteiger charge is 2.06. The van der Waals surface area contributed by atoms with E-state index in [4.69, 9.17) is 17.3 Å². The maximum atomic E-state index is 5.90. The maximum absolute atomic E-state index is 5.90. The predicted molar refractivity (Wildman–Crippen MR) is 77.2 cm³/mol. The van der Waals surface area contributed by atoms with Crippen LogP contribution in [0.3, 0.4) is 0 Å². The van der Waals surface area contributed by atoms with Crippen molar-refractivity contribution in [3.63, 3.8) is 0 Å². The second-order valence-electron chi connectivity index (χ2n) is 4.42. The molecule has 0 unspecified atom stereocenters. The van der Waals surface area contributed by atoms with Gasteiger partial charge in [-0.3, -0.25) is 0 Å². The molecule has 2 heterocycles. The van der Waals surface area contributed by atoms with Crippen LogP contribution in [-0.4, -0.2) is 15.0 Å². The normalized spacial score (nSPS) is 11.0. The van der Waals surface area contributed by atoms with Gasteiger partial charge >= 0.3 is 0 Å². The summed E-state index contributed by atoms with van der Waals surface area (Å²) in [5, 5.41) is 0.474. The smallest absolute Gasteiger partial charge is 0.129 e. The molecule has 5 heteroatoms. The van der Waals surface area contributed by atoms with Crippen molar-refractivity contribution >= 4 is 28.3 Å². The van der Waals surface area contributed by atoms with E-state index in [9.17, 15) is 0 Å². The number of nitrogens with zero attached hydrogens (tertiary/aromatic N) is 2. The van der Waals surface area contributed by atoms with Gasteiger partial charge in [0.15, 0.2) is 0 Å². The molecule has 0 fully saturated rings. The summed E-state index contributed by atoms with van der Waals surface area (Å²) in [6.07, 6.45) is 5.01. The van der Waals surface area contributed by atoms with E-state index in [0.29, 0.717) is 10.8 Å². The summed E-state index contributed by atoms with van der Waals surface area (Å²) < 4.78 is 0. The Balaban J connectivity index is 1.86. The molecule has 19 heavy (non-hydrogen) atoms. The van der Waals surface area contributed by atoms with Crippen LogP contribution in [0.15, 0.2) is 36.8 Å². The van der Waals surface area contributed by atoms with Crippen molar-refractivity contribution in [3.05, 3.63) is 53.1 Å². The molecular weight excluding hydrogens is 260 g/mol. The largest absolute Gasteiger partial charge is 0.397 e. The first-order valence-electron chi connectivity index (χ1n) is 6.05. The second-order valence-corrected chi connectivity index (χ2v) is 4.81. The Hall–Kier alpha value is -2.07. The van der Waals surface area contributed by atoms with Gasteiger partial charge in [-0.25, -0.2) is 9.97 Å². The van der Waals surface area contributed by atoms with E-state index in [-0.39, 0.29) is 0 Å². The molecule has 0 radical (unpaired) electrons. The van der Waals surface area contributed by atoms with Crippen LogP contribution in [0.2, 0.25) is 5.15 Å². The summed E-state index contributed by atoms with van der Waals surface area (Å²) in [7, 11) is 0. The van der Waals surface area contributed by atoms with Crippen molar-refractivity contribution in [2.75, 3.05) is 5.73 Å². The Bertz CT molecular complexity index is 720. The van der Waals surface area contributed by atoms with Gasteiger partial charge in [-0.1, -0.05) is 23.7 Å². The van der Waals surface area contributed by atoms with Gasteiger partial charge in [0.2, 0.25) is 0 Å². The second kappa shape index (κ2) is 4.90. The number of fused-ring (bicyclic) bond motifs is 1. The molecule has 0 bridgehead atoms. The molecule has 3 aromatic rings. The number of rotatable bonds is 3. The highest BCUT2D eigenvalue weighted by molar-refractivity contribution is 6.29. The summed E-state index contributed by atoms with van der Waals surface area (Å²) in [4.78, 5) is 11.4. The van der Waals surface area contributed by atoms with Gasteiger partial charge in [0.1, 0.15) is 5.15 Å². The average Bonchev–Trinajstić information content (AvgIpc) is 2.88. The van der Waals surface area contributed by atoms with Crippen molar-refractivity contribution in [3.8, 4) is 0 Å². The van der Waals surface area contributed by atoms with Gasteiger partial charge in [-0.2, -0.15) is 0 Å². The maximum Gasteiger partial charge on any atom is 0.129 e. The summed E-state index contributed by atoms with van der Waals surface area (Å²) in [6, 6.07) is 7.95. The van der Waals surface area contributed by atoms with Crippen LogP contribution in [0.25, 0.3) is 11.0 Å². The molecule has 1 aromatic carbocycles. The van der Waals surface area contributed by atoms with Crippen molar-refractivity contribution in [2.45, 2.75) is 12.8 Å². The van der Waals surface area contributed by atoms with E-state index in [1.165, 1.54) is 5.56 Å². The molecule has 0 atom stereocenters. The van der Waals surface area contributed by atoms with Crippen LogP contribution in [0, 0.1) is 0 Å². The number of aryl methyl sites for hydroxylation is 2. The third-order valence-electron chi connectivity index (χ3n) is 3.19. The first kappa shape index (κ1) is 12.0. The molecule has 0 aliphatic rings. The quantitative estimate of drug-likeness (QED) is 0.720. The fraction of sp³-hybridized carbons (Fsp3) is 0.143. The van der Waals surface area contributed by atoms with E-state index < -0.39 is 0 Å². The Morgan fingerprint density at radius 3 is 2.89 bits per heavy atom. The third kappa shape index (κ3) is 2.39. The van der Waals surface area contributed by atoms with E-state index in [1.807, 2.05) is 18.2 Å². The van der Waals surface area contributed by atoms with Crippen LogP contribution in [0.5, 0.6) is 0 Å². The molecular formula is C14H13ClN4. The number of imidazole rings is 1. The van der Waals surface area contributed by atoms with Crippen LogP contribution in [0.1, 0.15) is 11.1 Å². The SMILES string of the molecule is Nc1cnc(Cl)cc1CCc1cccc2[nH]cnc12. The lowest BCUT2D eigenvalue weighted by molar-refractivity contribution is 0.964. The molecule has 4 nitrogen and oxygen atoms in total. The van der Waals surface area contributed by atoms with Crippen LogP contribution >= 0.6 is 11.6 Å². The van der Waals surface area contributed by atoms with Crippen molar-refractivity contribution in [1.82, 2.24) is 15.0 Å². The molecule has 0 aliphatic carbocycles. The molecule has 96 valence electrons. The molecule has 0 saturated carbocycles. The minimum atomic E-state index is 0.474. The van der Waals surface area contributed by atoms with Crippen LogP contribution in [0.4, 0.5) is 5.69 Å². The third-order valence-corrected chi connectivity index (χ3v) is 3.39. The number of nitrogens with two attached hydrogens (primary N) is 1. The zero-order valence-corrected chi connectivity index (χ0v) is 11.0. The van der Waals surface area contributed by atoms with Gasteiger partial charge in [0, 0.05) is 0 Å². The summed E-state index contributed by atoms with van der Waals surface area (Å²) in [5.74, 6) is 0. The monoisotopic (exact) mass is 272 g/mol. The zero-order chi connectivity index (χ0) is 13.2. The predicted octanol–water partition coefficient (Wildman–Crippen LogP) is 2.98. The van der Waals surface area contributed by atoms with Crippen molar-refractivity contribution in [2.24, 2.45) is 0 Å². The number of hydrogen-bond donors (Lipinski definition) is 2. The lowest BCUT2D eigenvalue weighted by atomic mass is 10.0. The number of aromatic amines is 1. The van der Waals surface area contributed by atoms with Gasteiger partial charge in [-0.05, 0) is 36.1 Å². The van der Waals surface area contributed by atoms with Gasteiger partial charge in [-0.15, -0.1) is 0 Å². The van der Waals surface area contributed by atoms with Crippen molar-refractivity contribution in [1.29, 1.82) is 0 Å². The number of anilines is 1. The highest BCUT2D eigenvalue weighted by atomic mass is 35.5. The average molecular weight is 273 g/mol. The highest BCUT2D eigenvalue weighted by Crippen LogP contribution is 2.20. The number of aromatic nitrogens is 3. The minimum absolute atomic E-state index is 0.474. The molecule has 3 rings (SSSR count). The fourth-order valence-electron chi connectivity index (χ4n) is 2.19. The van der Waals surface area contributed by atoms with Crippen LogP contribution in [-0.2, 0) is 12.8 Å². The van der Waals surface area contributed by atoms with E-state index in [2.05, 4.69) is 21.0 Å². The summed E-state index contributed by atoms with van der Waals surface area (Å²) in [6.45, 7) is 0. The molecule has 0 saturated heterocycles. The number of halogens is 1. The van der Waals surface area contributed by atoms with E-state index in [0.717, 1.165) is 29.4 Å². The van der Waals surface area contributed by atoms with E-state index in [1.54, 1.807) is 12.5 Å². The van der Waals surface area contributed by atoms with E-state index >= 15 is 0 Å². The fourth-order valence-corrected chi connectivity index (χ4v) is 2.37. The Labute approximate surface area is 115 Å². The van der Waals surface area contributed by atoms with Crippen LogP contribution < -0.4 is 5.73 Å². The van der Waals surface area contributed by atoms with Crippen molar-refractivity contribution < 1.29 is 0 Å². The molecule has 0 aliphatic heterocycles. The summed E-state index contributed by atoms with van der Waals surface area (Å²) >= 11 is 5.89. The Morgan fingerprint density at radius 1 is 1.16 bits per heavy atom. The number of H-pyrrole nitrogens is 1. The number of nitrogens with one attached hydrogen (secondary N) is 1. The summed E-state index contributed by atoms with van der Waals surface area (Å²) in [5.41, 5.74) is 10.9. The lowest BCUT2D eigenvalue weighted by Crippen LogP contribution is -1.99.